The van der Waals surface area contributed by atoms with Gasteiger partial charge in [-0.25, -0.2) is 4.68 Å². The smallest absolute Gasteiger partial charge is 0.870 e. The van der Waals surface area contributed by atoms with E-state index in [4.69, 9.17) is 21.8 Å². The fourth-order valence-electron chi connectivity index (χ4n) is 1.95. The number of nitrogens with zero attached hydrogens (tertiary/aromatic N) is 5. The summed E-state index contributed by atoms with van der Waals surface area (Å²) in [7, 11) is 0. The first-order chi connectivity index (χ1) is 13.0. The molecule has 13 heteroatoms. The van der Waals surface area contributed by atoms with Crippen LogP contribution >= 0.6 is 11.6 Å². The Balaban J connectivity index is 0.000000432. The number of hydrogen-bond acceptors (Lipinski definition) is 7. The van der Waals surface area contributed by atoms with Crippen molar-refractivity contribution in [3.63, 3.8) is 0 Å². The first-order valence-corrected chi connectivity index (χ1v) is 8.08. The molecule has 0 radical (unpaired) electrons. The van der Waals surface area contributed by atoms with Crippen molar-refractivity contribution in [2.45, 2.75) is 6.54 Å². The van der Waals surface area contributed by atoms with Crippen molar-refractivity contribution in [2.75, 3.05) is 5.88 Å². The predicted octanol–water partition coefficient (Wildman–Crippen LogP) is -1.39. The SMILES string of the molecule is O=C(O)CCl.O=C(O)Cn1nnc2ccccc21.[Na+].[OH-].c1ccc2n[nH]nc2c1. The molecule has 0 aliphatic carbocycles. The van der Waals surface area contributed by atoms with E-state index in [0.29, 0.717) is 5.52 Å². The van der Waals surface area contributed by atoms with Crippen LogP contribution in [0.1, 0.15) is 0 Å². The summed E-state index contributed by atoms with van der Waals surface area (Å²) in [5.74, 6) is -2.21. The third-order valence-electron chi connectivity index (χ3n) is 3.04. The summed E-state index contributed by atoms with van der Waals surface area (Å²) in [6, 6.07) is 14.9. The van der Waals surface area contributed by atoms with Crippen LogP contribution in [0.15, 0.2) is 48.5 Å². The van der Waals surface area contributed by atoms with E-state index in [1.165, 1.54) is 4.68 Å². The Morgan fingerprint density at radius 1 is 0.931 bits per heavy atom. The van der Waals surface area contributed by atoms with Crippen LogP contribution in [0, 0.1) is 0 Å². The average Bonchev–Trinajstić information content (AvgIpc) is 3.30. The van der Waals surface area contributed by atoms with Crippen molar-refractivity contribution in [2.24, 2.45) is 0 Å². The van der Waals surface area contributed by atoms with Gasteiger partial charge in [0, 0.05) is 0 Å². The van der Waals surface area contributed by atoms with E-state index in [0.717, 1.165) is 16.6 Å². The summed E-state index contributed by atoms with van der Waals surface area (Å²) in [6.45, 7) is -0.152. The number of benzene rings is 2. The molecule has 4 aromatic rings. The standard InChI is InChI=1S/C8H7N3O2.C6H5N3.C2H3ClO2.Na.H2O/c12-8(13)5-11-7-4-2-1-3-6(7)9-10-11;1-2-4-6-5(3-1)7-9-8-6;3-1-2(4)5;;/h1-4H,5H2,(H,12,13);1-4H,(H,7,8,9);1H2,(H,4,5);;1H2/q;;;+1;/p-1. The van der Waals surface area contributed by atoms with Gasteiger partial charge < -0.3 is 15.7 Å². The minimum Gasteiger partial charge on any atom is -0.870 e. The molecule has 0 unspecified atom stereocenters. The van der Waals surface area contributed by atoms with E-state index < -0.39 is 11.9 Å². The second-order valence-corrected chi connectivity index (χ2v) is 5.24. The van der Waals surface area contributed by atoms with E-state index >= 15 is 0 Å². The second kappa shape index (κ2) is 13.6. The topological polar surface area (TPSA) is 177 Å². The number of carbonyl (C=O) groups is 2. The number of halogens is 1. The molecule has 11 nitrogen and oxygen atoms in total. The predicted molar refractivity (Wildman–Crippen MR) is 99.3 cm³/mol. The summed E-state index contributed by atoms with van der Waals surface area (Å²) >= 11 is 4.74. The zero-order chi connectivity index (χ0) is 19.6. The van der Waals surface area contributed by atoms with Gasteiger partial charge in [-0.3, -0.25) is 9.59 Å². The molecule has 2 aromatic carbocycles. The number of rotatable bonds is 3. The molecule has 29 heavy (non-hydrogen) atoms. The Morgan fingerprint density at radius 3 is 1.90 bits per heavy atom. The number of carboxylic acid groups (broad SMARTS) is 2. The maximum Gasteiger partial charge on any atom is 1.00 e. The molecule has 2 aromatic heterocycles. The summed E-state index contributed by atoms with van der Waals surface area (Å²) in [4.78, 5) is 19.7. The van der Waals surface area contributed by atoms with Gasteiger partial charge in [-0.1, -0.05) is 29.5 Å². The molecule has 0 fully saturated rings. The van der Waals surface area contributed by atoms with Gasteiger partial charge in [0.05, 0.1) is 5.52 Å². The van der Waals surface area contributed by atoms with Crippen molar-refractivity contribution >= 4 is 45.6 Å². The summed E-state index contributed by atoms with van der Waals surface area (Å²) in [6.07, 6.45) is 0. The van der Waals surface area contributed by atoms with Crippen LogP contribution in [0.5, 0.6) is 0 Å². The maximum absolute atomic E-state index is 10.4. The quantitative estimate of drug-likeness (QED) is 0.261. The number of nitrogens with one attached hydrogen (secondary N) is 1. The Labute approximate surface area is 191 Å². The van der Waals surface area contributed by atoms with Crippen LogP contribution < -0.4 is 29.6 Å². The number of aromatic nitrogens is 6. The molecule has 148 valence electrons. The monoisotopic (exact) mass is 430 g/mol. The van der Waals surface area contributed by atoms with E-state index in [1.807, 2.05) is 36.4 Å². The number of fused-ring (bicyclic) bond motifs is 2. The Morgan fingerprint density at radius 2 is 1.41 bits per heavy atom. The largest absolute Gasteiger partial charge is 1.00 e. The van der Waals surface area contributed by atoms with Gasteiger partial charge in [0.1, 0.15) is 29.0 Å². The van der Waals surface area contributed by atoms with Crippen LogP contribution in [0.3, 0.4) is 0 Å². The van der Waals surface area contributed by atoms with Crippen molar-refractivity contribution in [1.82, 2.24) is 30.4 Å². The fourth-order valence-corrected chi connectivity index (χ4v) is 1.95. The van der Waals surface area contributed by atoms with E-state index in [2.05, 4.69) is 25.7 Å². The van der Waals surface area contributed by atoms with Crippen molar-refractivity contribution in [1.29, 1.82) is 0 Å². The van der Waals surface area contributed by atoms with Crippen LogP contribution in [0.2, 0.25) is 0 Å². The van der Waals surface area contributed by atoms with Crippen LogP contribution in [-0.2, 0) is 16.1 Å². The van der Waals surface area contributed by atoms with Gasteiger partial charge in [-0.2, -0.15) is 15.4 Å². The number of carboxylic acids is 2. The van der Waals surface area contributed by atoms with Crippen LogP contribution in [-0.4, -0.2) is 63.9 Å². The van der Waals surface area contributed by atoms with E-state index in [9.17, 15) is 9.59 Å². The number of aliphatic carboxylic acids is 2. The molecule has 0 saturated heterocycles. The number of para-hydroxylation sites is 3. The Hall–Kier alpha value is -2.57. The van der Waals surface area contributed by atoms with Crippen LogP contribution in [0.4, 0.5) is 0 Å². The van der Waals surface area contributed by atoms with E-state index in [1.54, 1.807) is 12.1 Å². The average molecular weight is 431 g/mol. The van der Waals surface area contributed by atoms with Crippen molar-refractivity contribution in [3.05, 3.63) is 48.5 Å². The molecule has 2 heterocycles. The summed E-state index contributed by atoms with van der Waals surface area (Å²) < 4.78 is 1.36. The van der Waals surface area contributed by atoms with Gasteiger partial charge in [-0.05, 0) is 24.3 Å². The minimum absolute atomic E-state index is 0. The molecular formula is C16H16ClN6NaO5. The molecule has 0 spiro atoms. The van der Waals surface area contributed by atoms with Gasteiger partial charge in [0.2, 0.25) is 0 Å². The number of alkyl halides is 1. The second-order valence-electron chi connectivity index (χ2n) is 4.97. The molecular weight excluding hydrogens is 415 g/mol. The number of H-pyrrole nitrogens is 1. The first-order valence-electron chi connectivity index (χ1n) is 7.54. The van der Waals surface area contributed by atoms with Gasteiger partial charge in [-0.15, -0.1) is 16.7 Å². The third kappa shape index (κ3) is 8.54. The van der Waals surface area contributed by atoms with Gasteiger partial charge in [0.15, 0.2) is 0 Å². The molecule has 0 atom stereocenters. The van der Waals surface area contributed by atoms with E-state index in [-0.39, 0.29) is 47.5 Å². The summed E-state index contributed by atoms with van der Waals surface area (Å²) in [5.41, 5.74) is 3.28. The molecule has 0 aliphatic heterocycles. The van der Waals surface area contributed by atoms with Crippen molar-refractivity contribution < 1.29 is 54.8 Å². The van der Waals surface area contributed by atoms with Crippen LogP contribution in [0.25, 0.3) is 22.1 Å². The molecule has 4 rings (SSSR count). The normalized spacial score (nSPS) is 9.14. The molecule has 0 saturated carbocycles. The van der Waals surface area contributed by atoms with Crippen molar-refractivity contribution in [3.8, 4) is 0 Å². The number of aromatic amines is 1. The minimum atomic E-state index is -0.980. The molecule has 0 aliphatic rings. The van der Waals surface area contributed by atoms with Gasteiger partial charge in [0.25, 0.3) is 0 Å². The first kappa shape index (κ1) is 26.4. The number of hydrogen-bond donors (Lipinski definition) is 3. The zero-order valence-corrected chi connectivity index (χ0v) is 18.1. The van der Waals surface area contributed by atoms with Gasteiger partial charge >= 0.3 is 41.5 Å². The summed E-state index contributed by atoms with van der Waals surface area (Å²) in [5, 5.41) is 34.0. The molecule has 4 N–H and O–H groups in total. The fraction of sp³-hybridized carbons (Fsp3) is 0.125. The molecule has 0 bridgehead atoms. The Kier molecular flexibility index (Phi) is 12.4. The third-order valence-corrected chi connectivity index (χ3v) is 3.27. The maximum atomic E-state index is 10.4. The zero-order valence-electron chi connectivity index (χ0n) is 15.3. The molecule has 0 amide bonds. The Bertz CT molecular complexity index is 1010.